The average molecular weight is 349 g/mol. The molecule has 24 heavy (non-hydrogen) atoms. The third kappa shape index (κ3) is 3.47. The molecule has 1 aromatic heterocycles. The van der Waals surface area contributed by atoms with Gasteiger partial charge < -0.3 is 10.1 Å². The van der Waals surface area contributed by atoms with Gasteiger partial charge in [0.1, 0.15) is 10.7 Å². The van der Waals surface area contributed by atoms with Crippen molar-refractivity contribution < 1.29 is 13.9 Å². The summed E-state index contributed by atoms with van der Waals surface area (Å²) < 4.78 is 22.6. The molecule has 5 nitrogen and oxygen atoms in total. The molecular formula is C17H20FN3O2S. The molecule has 0 atom stereocenters. The molecular weight excluding hydrogens is 329 g/mol. The van der Waals surface area contributed by atoms with Crippen molar-refractivity contribution in [1.82, 2.24) is 14.9 Å². The number of carbonyl (C=O) groups is 1. The number of halogens is 1. The Labute approximate surface area is 144 Å². The number of aryl methyl sites for hydroxylation is 1. The minimum atomic E-state index is -0.256. The number of amides is 1. The van der Waals surface area contributed by atoms with Crippen molar-refractivity contribution in [2.75, 3.05) is 19.8 Å². The third-order valence-electron chi connectivity index (χ3n) is 4.59. The zero-order chi connectivity index (χ0) is 17.0. The van der Waals surface area contributed by atoms with Gasteiger partial charge in [-0.2, -0.15) is 0 Å². The van der Waals surface area contributed by atoms with Gasteiger partial charge in [-0.15, -0.1) is 5.10 Å². The van der Waals surface area contributed by atoms with Gasteiger partial charge in [0.15, 0.2) is 0 Å². The number of benzene rings is 1. The van der Waals surface area contributed by atoms with E-state index < -0.39 is 0 Å². The number of nitrogens with zero attached hydrogens (tertiary/aromatic N) is 2. The summed E-state index contributed by atoms with van der Waals surface area (Å²) in [5.41, 5.74) is 1.53. The zero-order valence-electron chi connectivity index (χ0n) is 13.5. The van der Waals surface area contributed by atoms with Crippen LogP contribution in [0.2, 0.25) is 0 Å². The van der Waals surface area contributed by atoms with Gasteiger partial charge in [-0.1, -0.05) is 23.5 Å². The van der Waals surface area contributed by atoms with Gasteiger partial charge in [0.2, 0.25) is 0 Å². The molecule has 128 valence electrons. The van der Waals surface area contributed by atoms with Crippen LogP contribution in [0.15, 0.2) is 24.3 Å². The summed E-state index contributed by atoms with van der Waals surface area (Å²) in [6, 6.07) is 6.55. The number of ether oxygens (including phenoxy) is 1. The Morgan fingerprint density at radius 2 is 2.04 bits per heavy atom. The Hall–Kier alpha value is -1.86. The molecule has 7 heteroatoms. The van der Waals surface area contributed by atoms with Crippen molar-refractivity contribution in [3.8, 4) is 0 Å². The first-order valence-electron chi connectivity index (χ1n) is 8.08. The number of aromatic nitrogens is 2. The molecule has 0 unspecified atom stereocenters. The van der Waals surface area contributed by atoms with Crippen LogP contribution >= 0.6 is 11.5 Å². The largest absolute Gasteiger partial charge is 0.381 e. The van der Waals surface area contributed by atoms with E-state index in [1.807, 2.05) is 6.92 Å². The maximum atomic E-state index is 13.3. The van der Waals surface area contributed by atoms with Crippen molar-refractivity contribution in [2.45, 2.75) is 31.6 Å². The summed E-state index contributed by atoms with van der Waals surface area (Å²) >= 11 is 1.12. The van der Waals surface area contributed by atoms with Crippen LogP contribution in [-0.2, 0) is 16.6 Å². The van der Waals surface area contributed by atoms with Crippen LogP contribution in [0, 0.1) is 5.82 Å². The lowest BCUT2D eigenvalue weighted by Crippen LogP contribution is -2.44. The highest BCUT2D eigenvalue weighted by atomic mass is 32.1. The van der Waals surface area contributed by atoms with Crippen LogP contribution in [0.1, 0.15) is 40.7 Å². The summed E-state index contributed by atoms with van der Waals surface area (Å²) in [6.07, 6.45) is 2.26. The van der Waals surface area contributed by atoms with E-state index in [1.165, 1.54) is 12.1 Å². The quantitative estimate of drug-likeness (QED) is 0.901. The number of hydrogen-bond acceptors (Lipinski definition) is 5. The lowest BCUT2D eigenvalue weighted by Gasteiger charge is -2.38. The monoisotopic (exact) mass is 349 g/mol. The van der Waals surface area contributed by atoms with Gasteiger partial charge in [0.05, 0.1) is 5.69 Å². The van der Waals surface area contributed by atoms with Crippen LogP contribution < -0.4 is 5.32 Å². The maximum Gasteiger partial charge on any atom is 0.264 e. The van der Waals surface area contributed by atoms with Gasteiger partial charge in [-0.25, -0.2) is 4.39 Å². The van der Waals surface area contributed by atoms with E-state index >= 15 is 0 Å². The first kappa shape index (κ1) is 17.0. The molecule has 1 amide bonds. The molecule has 1 aliphatic heterocycles. The van der Waals surface area contributed by atoms with Gasteiger partial charge in [-0.05, 0) is 48.5 Å². The molecule has 1 saturated heterocycles. The van der Waals surface area contributed by atoms with Crippen LogP contribution in [0.5, 0.6) is 0 Å². The summed E-state index contributed by atoms with van der Waals surface area (Å²) in [5, 5.41) is 7.01. The highest BCUT2D eigenvalue weighted by Crippen LogP contribution is 2.34. The smallest absolute Gasteiger partial charge is 0.264 e. The summed E-state index contributed by atoms with van der Waals surface area (Å²) in [7, 11) is 0. The Kier molecular flexibility index (Phi) is 5.20. The second-order valence-electron chi connectivity index (χ2n) is 5.98. The minimum absolute atomic E-state index is 0.144. The first-order valence-corrected chi connectivity index (χ1v) is 8.85. The summed E-state index contributed by atoms with van der Waals surface area (Å²) in [5.74, 6) is -0.400. The molecule has 1 N–H and O–H groups in total. The molecule has 1 aliphatic rings. The topological polar surface area (TPSA) is 64.1 Å². The van der Waals surface area contributed by atoms with Crippen molar-refractivity contribution in [3.05, 3.63) is 46.2 Å². The van der Waals surface area contributed by atoms with Crippen molar-refractivity contribution >= 4 is 17.4 Å². The molecule has 2 heterocycles. The van der Waals surface area contributed by atoms with Crippen LogP contribution in [0.25, 0.3) is 0 Å². The Morgan fingerprint density at radius 3 is 2.71 bits per heavy atom. The van der Waals surface area contributed by atoms with E-state index in [2.05, 4.69) is 14.9 Å². The summed E-state index contributed by atoms with van der Waals surface area (Å²) in [4.78, 5) is 13.1. The highest BCUT2D eigenvalue weighted by Gasteiger charge is 2.35. The van der Waals surface area contributed by atoms with Gasteiger partial charge in [0, 0.05) is 25.2 Å². The Balaban J connectivity index is 1.77. The molecule has 0 aliphatic carbocycles. The van der Waals surface area contributed by atoms with Crippen molar-refractivity contribution in [2.24, 2.45) is 0 Å². The fourth-order valence-corrected chi connectivity index (χ4v) is 3.74. The molecule has 0 saturated carbocycles. The molecule has 0 spiro atoms. The van der Waals surface area contributed by atoms with Crippen molar-refractivity contribution in [1.29, 1.82) is 0 Å². The fourth-order valence-electron chi connectivity index (χ4n) is 3.08. The average Bonchev–Trinajstić information content (AvgIpc) is 3.10. The second kappa shape index (κ2) is 7.36. The minimum Gasteiger partial charge on any atom is -0.381 e. The molecule has 1 fully saturated rings. The number of hydrogen-bond donors (Lipinski definition) is 1. The molecule has 3 rings (SSSR count). The van der Waals surface area contributed by atoms with E-state index in [0.717, 1.165) is 35.6 Å². The summed E-state index contributed by atoms with van der Waals surface area (Å²) in [6.45, 7) is 3.71. The first-order chi connectivity index (χ1) is 11.6. The Morgan fingerprint density at radius 1 is 1.33 bits per heavy atom. The number of nitrogens with one attached hydrogen (secondary N) is 1. The lowest BCUT2D eigenvalue weighted by molar-refractivity contribution is 0.0487. The molecule has 1 aromatic carbocycles. The fraction of sp³-hybridized carbons (Fsp3) is 0.471. The Bertz CT molecular complexity index is 696. The van der Waals surface area contributed by atoms with E-state index in [-0.39, 0.29) is 17.1 Å². The SMILES string of the molecule is CCc1nnsc1C(=O)NCC1(c2ccc(F)cc2)CCOCC1. The predicted octanol–water partition coefficient (Wildman–Crippen LogP) is 2.72. The van der Waals surface area contributed by atoms with E-state index in [0.29, 0.717) is 31.1 Å². The lowest BCUT2D eigenvalue weighted by atomic mass is 9.74. The van der Waals surface area contributed by atoms with Crippen LogP contribution in [0.3, 0.4) is 0 Å². The van der Waals surface area contributed by atoms with Crippen molar-refractivity contribution in [3.63, 3.8) is 0 Å². The second-order valence-corrected chi connectivity index (χ2v) is 6.74. The predicted molar refractivity (Wildman–Crippen MR) is 89.8 cm³/mol. The van der Waals surface area contributed by atoms with Gasteiger partial charge in [-0.3, -0.25) is 4.79 Å². The number of rotatable bonds is 5. The third-order valence-corrected chi connectivity index (χ3v) is 5.36. The molecule has 0 radical (unpaired) electrons. The normalized spacial score (nSPS) is 16.8. The van der Waals surface area contributed by atoms with E-state index in [1.54, 1.807) is 12.1 Å². The maximum absolute atomic E-state index is 13.3. The molecule has 0 bridgehead atoms. The van der Waals surface area contributed by atoms with Gasteiger partial charge in [0.25, 0.3) is 5.91 Å². The van der Waals surface area contributed by atoms with E-state index in [9.17, 15) is 9.18 Å². The standard InChI is InChI=1S/C17H20FN3O2S/c1-2-14-15(24-21-20-14)16(22)19-11-17(7-9-23-10-8-17)12-3-5-13(18)6-4-12/h3-6H,2,7-11H2,1H3,(H,19,22). The van der Waals surface area contributed by atoms with Crippen LogP contribution in [0.4, 0.5) is 4.39 Å². The van der Waals surface area contributed by atoms with Crippen LogP contribution in [-0.4, -0.2) is 35.3 Å². The number of carbonyl (C=O) groups excluding carboxylic acids is 1. The highest BCUT2D eigenvalue weighted by molar-refractivity contribution is 7.08. The molecule has 2 aromatic rings. The van der Waals surface area contributed by atoms with E-state index in [4.69, 9.17) is 4.74 Å². The van der Waals surface area contributed by atoms with Gasteiger partial charge >= 0.3 is 0 Å². The zero-order valence-corrected chi connectivity index (χ0v) is 14.4.